The van der Waals surface area contributed by atoms with Crippen LogP contribution in [-0.2, 0) is 9.59 Å². The minimum absolute atomic E-state index is 0.0683. The van der Waals surface area contributed by atoms with Crippen LogP contribution < -0.4 is 20.3 Å². The summed E-state index contributed by atoms with van der Waals surface area (Å²) in [5, 5.41) is 5.76. The summed E-state index contributed by atoms with van der Waals surface area (Å²) in [5.41, 5.74) is 2.10. The van der Waals surface area contributed by atoms with Gasteiger partial charge in [-0.25, -0.2) is 0 Å². The fourth-order valence-electron chi connectivity index (χ4n) is 4.53. The van der Waals surface area contributed by atoms with Gasteiger partial charge in [0.15, 0.2) is 5.76 Å². The summed E-state index contributed by atoms with van der Waals surface area (Å²) < 4.78 is 10.5. The van der Waals surface area contributed by atoms with E-state index in [1.54, 1.807) is 43.5 Å². The van der Waals surface area contributed by atoms with Gasteiger partial charge >= 0.3 is 0 Å². The number of nitrogens with one attached hydrogen (secondary N) is 2. The van der Waals surface area contributed by atoms with Crippen molar-refractivity contribution in [3.05, 3.63) is 83.8 Å². The summed E-state index contributed by atoms with van der Waals surface area (Å²) in [5.74, 6) is -0.537. The normalized spacial score (nSPS) is 14.2. The summed E-state index contributed by atoms with van der Waals surface area (Å²) >= 11 is 0. The van der Waals surface area contributed by atoms with Gasteiger partial charge in [-0.3, -0.25) is 19.3 Å². The van der Waals surface area contributed by atoms with Crippen molar-refractivity contribution in [3.63, 3.8) is 0 Å². The summed E-state index contributed by atoms with van der Waals surface area (Å²) in [4.78, 5) is 41.4. The van der Waals surface area contributed by atoms with Crippen molar-refractivity contribution in [2.24, 2.45) is 0 Å². The van der Waals surface area contributed by atoms with Crippen molar-refractivity contribution >= 4 is 23.4 Å². The zero-order valence-corrected chi connectivity index (χ0v) is 20.5. The number of ether oxygens (including phenoxy) is 1. The van der Waals surface area contributed by atoms with Crippen molar-refractivity contribution in [1.29, 1.82) is 0 Å². The number of carbonyl (C=O) groups excluding carboxylic acids is 3. The number of hydrogen-bond donors (Lipinski definition) is 2. The lowest BCUT2D eigenvalue weighted by atomic mass is 10.0. The average molecular weight is 490 g/mol. The number of rotatable bonds is 9. The van der Waals surface area contributed by atoms with E-state index in [9.17, 15) is 14.4 Å². The Labute approximate surface area is 210 Å². The monoisotopic (exact) mass is 489 g/mol. The van der Waals surface area contributed by atoms with E-state index in [2.05, 4.69) is 10.6 Å². The molecular weight excluding hydrogens is 458 g/mol. The predicted octanol–water partition coefficient (Wildman–Crippen LogP) is 4.16. The fourth-order valence-corrected chi connectivity index (χ4v) is 4.53. The summed E-state index contributed by atoms with van der Waals surface area (Å²) in [7, 11) is 1.56. The van der Waals surface area contributed by atoms with Crippen LogP contribution in [0.1, 0.15) is 53.4 Å². The molecule has 36 heavy (non-hydrogen) atoms. The van der Waals surface area contributed by atoms with Crippen molar-refractivity contribution < 1.29 is 23.5 Å². The molecule has 3 aromatic rings. The maximum absolute atomic E-state index is 13.8. The number of carbonyl (C=O) groups is 3. The molecule has 0 radical (unpaired) electrons. The third-order valence-electron chi connectivity index (χ3n) is 6.31. The fraction of sp³-hybridized carbons (Fsp3) is 0.321. The number of aryl methyl sites for hydroxylation is 1. The van der Waals surface area contributed by atoms with Crippen molar-refractivity contribution in [1.82, 2.24) is 10.6 Å². The van der Waals surface area contributed by atoms with Crippen LogP contribution in [0, 0.1) is 6.92 Å². The first kappa shape index (κ1) is 25.0. The molecule has 1 fully saturated rings. The van der Waals surface area contributed by atoms with E-state index in [1.165, 1.54) is 17.2 Å². The third kappa shape index (κ3) is 5.94. The first-order chi connectivity index (χ1) is 17.5. The molecule has 1 aliphatic rings. The average Bonchev–Trinajstić information content (AvgIpc) is 3.60. The molecule has 2 N–H and O–H groups in total. The Balaban J connectivity index is 1.70. The first-order valence-electron chi connectivity index (χ1n) is 12.1. The number of benzene rings is 2. The van der Waals surface area contributed by atoms with Crippen LogP contribution in [-0.4, -0.2) is 37.4 Å². The molecule has 3 amide bonds. The Morgan fingerprint density at radius 3 is 2.53 bits per heavy atom. The Morgan fingerprint density at radius 1 is 1.06 bits per heavy atom. The molecule has 1 saturated carbocycles. The lowest BCUT2D eigenvalue weighted by Crippen LogP contribution is -2.49. The molecule has 188 valence electrons. The van der Waals surface area contributed by atoms with E-state index in [0.717, 1.165) is 31.2 Å². The Hall–Kier alpha value is -4.07. The first-order valence-corrected chi connectivity index (χ1v) is 12.1. The van der Waals surface area contributed by atoms with E-state index in [1.807, 2.05) is 25.1 Å². The standard InChI is InChI=1S/C28H31N3O5/c1-19-8-5-12-22(16-19)31(25(32)18-29-27(33)24-14-7-15-36-24)26(20-9-6-13-23(17-20)35-2)28(34)30-21-10-3-4-11-21/h5-9,12-17,21,26H,3-4,10-11,18H2,1-2H3,(H,29,33)(H,30,34)/t26-/m0/s1. The van der Waals surface area contributed by atoms with Gasteiger partial charge in [0.1, 0.15) is 11.8 Å². The molecule has 1 aliphatic carbocycles. The zero-order valence-electron chi connectivity index (χ0n) is 20.5. The molecule has 8 heteroatoms. The second-order valence-corrected chi connectivity index (χ2v) is 8.93. The predicted molar refractivity (Wildman–Crippen MR) is 136 cm³/mol. The van der Waals surface area contributed by atoms with Crippen LogP contribution in [0.15, 0.2) is 71.3 Å². The number of methoxy groups -OCH3 is 1. The van der Waals surface area contributed by atoms with Crippen LogP contribution >= 0.6 is 0 Å². The van der Waals surface area contributed by atoms with Gasteiger partial charge in [-0.15, -0.1) is 0 Å². The maximum Gasteiger partial charge on any atom is 0.287 e. The van der Waals surface area contributed by atoms with Crippen LogP contribution in [0.2, 0.25) is 0 Å². The van der Waals surface area contributed by atoms with Crippen LogP contribution in [0.25, 0.3) is 0 Å². The van der Waals surface area contributed by atoms with Gasteiger partial charge in [0.2, 0.25) is 11.8 Å². The smallest absolute Gasteiger partial charge is 0.287 e. The summed E-state index contributed by atoms with van der Waals surface area (Å²) in [6, 6.07) is 16.8. The molecule has 0 bridgehead atoms. The van der Waals surface area contributed by atoms with Crippen molar-refractivity contribution in [3.8, 4) is 5.75 Å². The molecular formula is C28H31N3O5. The number of furan rings is 1. The highest BCUT2D eigenvalue weighted by atomic mass is 16.5. The lowest BCUT2D eigenvalue weighted by molar-refractivity contribution is -0.126. The molecule has 8 nitrogen and oxygen atoms in total. The third-order valence-corrected chi connectivity index (χ3v) is 6.31. The number of anilines is 1. The SMILES string of the molecule is COc1cccc([C@@H](C(=O)NC2CCCC2)N(C(=O)CNC(=O)c2ccco2)c2cccc(C)c2)c1. The van der Waals surface area contributed by atoms with E-state index in [0.29, 0.717) is 17.0 Å². The van der Waals surface area contributed by atoms with Gasteiger partial charge in [0.25, 0.3) is 5.91 Å². The topological polar surface area (TPSA) is 101 Å². The minimum atomic E-state index is -0.962. The molecule has 0 unspecified atom stereocenters. The Bertz CT molecular complexity index is 1200. The molecule has 1 aromatic heterocycles. The molecule has 2 aromatic carbocycles. The number of hydrogen-bond acceptors (Lipinski definition) is 5. The highest BCUT2D eigenvalue weighted by Crippen LogP contribution is 2.31. The maximum atomic E-state index is 13.8. The van der Waals surface area contributed by atoms with E-state index in [-0.39, 0.29) is 24.3 Å². The Morgan fingerprint density at radius 2 is 1.83 bits per heavy atom. The van der Waals surface area contributed by atoms with E-state index >= 15 is 0 Å². The number of nitrogens with zero attached hydrogens (tertiary/aromatic N) is 1. The quantitative estimate of drug-likeness (QED) is 0.470. The van der Waals surface area contributed by atoms with Crippen LogP contribution in [0.4, 0.5) is 5.69 Å². The highest BCUT2D eigenvalue weighted by Gasteiger charge is 2.34. The largest absolute Gasteiger partial charge is 0.497 e. The van der Waals surface area contributed by atoms with Crippen LogP contribution in [0.3, 0.4) is 0 Å². The van der Waals surface area contributed by atoms with Gasteiger partial charge < -0.3 is 19.8 Å². The van der Waals surface area contributed by atoms with Crippen molar-refractivity contribution in [2.45, 2.75) is 44.7 Å². The zero-order chi connectivity index (χ0) is 25.5. The second-order valence-electron chi connectivity index (χ2n) is 8.93. The lowest BCUT2D eigenvalue weighted by Gasteiger charge is -2.32. The van der Waals surface area contributed by atoms with Gasteiger partial charge in [0, 0.05) is 11.7 Å². The molecule has 1 heterocycles. The molecule has 0 spiro atoms. The van der Waals surface area contributed by atoms with Gasteiger partial charge in [-0.1, -0.05) is 37.1 Å². The molecule has 1 atom stereocenters. The Kier molecular flexibility index (Phi) is 8.05. The molecule has 0 saturated heterocycles. The van der Waals surface area contributed by atoms with Crippen LogP contribution in [0.5, 0.6) is 5.75 Å². The van der Waals surface area contributed by atoms with Gasteiger partial charge in [-0.05, 0) is 67.3 Å². The number of amides is 3. The second kappa shape index (κ2) is 11.6. The van der Waals surface area contributed by atoms with E-state index < -0.39 is 17.9 Å². The summed E-state index contributed by atoms with van der Waals surface area (Å²) in [6.45, 7) is 1.61. The van der Waals surface area contributed by atoms with E-state index in [4.69, 9.17) is 9.15 Å². The van der Waals surface area contributed by atoms with Crippen molar-refractivity contribution in [2.75, 3.05) is 18.6 Å². The molecule has 0 aliphatic heterocycles. The van der Waals surface area contributed by atoms with Gasteiger partial charge in [0.05, 0.1) is 19.9 Å². The minimum Gasteiger partial charge on any atom is -0.497 e. The highest BCUT2D eigenvalue weighted by molar-refractivity contribution is 6.04. The van der Waals surface area contributed by atoms with Gasteiger partial charge in [-0.2, -0.15) is 0 Å². The molecule has 4 rings (SSSR count). The summed E-state index contributed by atoms with van der Waals surface area (Å²) in [6.07, 6.45) is 5.34.